The van der Waals surface area contributed by atoms with Crippen molar-refractivity contribution < 1.29 is 29.0 Å². The smallest absolute Gasteiger partial charge is 0.307 e. The Morgan fingerprint density at radius 1 is 1.03 bits per heavy atom. The van der Waals surface area contributed by atoms with E-state index in [1.165, 1.54) is 25.3 Å². The van der Waals surface area contributed by atoms with Gasteiger partial charge in [-0.05, 0) is 59.3 Å². The lowest BCUT2D eigenvalue weighted by Gasteiger charge is -2.29. The summed E-state index contributed by atoms with van der Waals surface area (Å²) in [5.41, 5.74) is -1.48. The van der Waals surface area contributed by atoms with Gasteiger partial charge in [0.2, 0.25) is 0 Å². The lowest BCUT2D eigenvalue weighted by molar-refractivity contribution is -0.158. The molecule has 0 aromatic rings. The van der Waals surface area contributed by atoms with Gasteiger partial charge in [0.1, 0.15) is 11.2 Å². The first-order chi connectivity index (χ1) is 15.4. The lowest BCUT2D eigenvalue weighted by Crippen LogP contribution is -2.37. The first-order valence-electron chi connectivity index (χ1n) is 12.6. The zero-order valence-corrected chi connectivity index (χ0v) is 21.9. The Morgan fingerprint density at radius 2 is 1.70 bits per heavy atom. The Kier molecular flexibility index (Phi) is 15.2. The number of Topliss-reactive ketones (excluding diaryl/α,β-unsaturated/α-hetero) is 1. The summed E-state index contributed by atoms with van der Waals surface area (Å²) < 4.78 is 11.5. The predicted molar refractivity (Wildman–Crippen MR) is 132 cm³/mol. The van der Waals surface area contributed by atoms with E-state index in [-0.39, 0.29) is 24.6 Å². The van der Waals surface area contributed by atoms with Crippen molar-refractivity contribution in [2.24, 2.45) is 11.8 Å². The molecule has 0 saturated carbocycles. The van der Waals surface area contributed by atoms with E-state index in [2.05, 4.69) is 20.4 Å². The van der Waals surface area contributed by atoms with Crippen molar-refractivity contribution in [1.82, 2.24) is 0 Å². The fourth-order valence-electron chi connectivity index (χ4n) is 3.94. The molecule has 0 aliphatic heterocycles. The number of rotatable bonds is 20. The molecule has 2 unspecified atom stereocenters. The van der Waals surface area contributed by atoms with Gasteiger partial charge in [-0.2, -0.15) is 0 Å². The molecule has 0 bridgehead atoms. The molecule has 0 rings (SSSR count). The molecule has 0 radical (unpaired) electrons. The highest BCUT2D eigenvalue weighted by Crippen LogP contribution is 2.27. The van der Waals surface area contributed by atoms with Crippen LogP contribution in [0.1, 0.15) is 112 Å². The molecule has 0 aromatic heterocycles. The Balaban J connectivity index is 4.25. The number of ether oxygens (including phenoxy) is 2. The number of allylic oxidation sites excluding steroid dienone is 1. The van der Waals surface area contributed by atoms with E-state index in [0.717, 1.165) is 25.7 Å². The number of aliphatic carboxylic acids is 1. The maximum atomic E-state index is 12.5. The van der Waals surface area contributed by atoms with Crippen LogP contribution < -0.4 is 0 Å². The van der Waals surface area contributed by atoms with Gasteiger partial charge in [-0.3, -0.25) is 14.4 Å². The molecule has 0 aromatic carbocycles. The fourth-order valence-corrected chi connectivity index (χ4v) is 3.94. The van der Waals surface area contributed by atoms with Crippen LogP contribution >= 0.6 is 0 Å². The van der Waals surface area contributed by atoms with Crippen LogP contribution in [0.2, 0.25) is 0 Å². The standard InChI is InChI=1S/C27H48O6/c1-8-11-16-21(10-3)20-26(4,5)33-24(29)17-13-12-14-18-32-27(6,7)23(28)19-22(15-9-2)25(30)31/h9,21-22H,2,8,10-20H2,1,3-7H3,(H,30,31). The van der Waals surface area contributed by atoms with Gasteiger partial charge in [-0.25, -0.2) is 0 Å². The number of ketones is 1. The number of hydrogen-bond donors (Lipinski definition) is 1. The average Bonchev–Trinajstić information content (AvgIpc) is 2.72. The van der Waals surface area contributed by atoms with Crippen LogP contribution in [0.25, 0.3) is 0 Å². The molecular formula is C27H48O6. The van der Waals surface area contributed by atoms with E-state index in [1.807, 2.05) is 13.8 Å². The van der Waals surface area contributed by atoms with Crippen LogP contribution in [0.5, 0.6) is 0 Å². The predicted octanol–water partition coefficient (Wildman–Crippen LogP) is 6.51. The summed E-state index contributed by atoms with van der Waals surface area (Å²) in [5.74, 6) is -1.58. The van der Waals surface area contributed by atoms with E-state index in [0.29, 0.717) is 25.4 Å². The maximum absolute atomic E-state index is 12.5. The van der Waals surface area contributed by atoms with Crippen molar-refractivity contribution in [3.8, 4) is 0 Å². The summed E-state index contributed by atoms with van der Waals surface area (Å²) >= 11 is 0. The molecule has 6 heteroatoms. The molecular weight excluding hydrogens is 420 g/mol. The van der Waals surface area contributed by atoms with Crippen molar-refractivity contribution in [2.75, 3.05) is 6.61 Å². The van der Waals surface area contributed by atoms with Gasteiger partial charge in [-0.15, -0.1) is 6.58 Å². The molecule has 6 nitrogen and oxygen atoms in total. The molecule has 192 valence electrons. The second kappa shape index (κ2) is 16.0. The second-order valence-electron chi connectivity index (χ2n) is 10.2. The van der Waals surface area contributed by atoms with Gasteiger partial charge in [-0.1, -0.05) is 52.0 Å². The Labute approximate surface area is 201 Å². The summed E-state index contributed by atoms with van der Waals surface area (Å²) in [6.07, 6.45) is 9.85. The number of hydrogen-bond acceptors (Lipinski definition) is 5. The summed E-state index contributed by atoms with van der Waals surface area (Å²) in [5, 5.41) is 9.22. The number of esters is 1. The largest absolute Gasteiger partial charge is 0.481 e. The number of carbonyl (C=O) groups is 3. The molecule has 33 heavy (non-hydrogen) atoms. The van der Waals surface area contributed by atoms with Crippen molar-refractivity contribution in [3.05, 3.63) is 12.7 Å². The molecule has 0 aliphatic rings. The van der Waals surface area contributed by atoms with E-state index in [9.17, 15) is 19.5 Å². The van der Waals surface area contributed by atoms with Crippen LogP contribution in [-0.2, 0) is 23.9 Å². The van der Waals surface area contributed by atoms with Crippen LogP contribution in [0, 0.1) is 11.8 Å². The Morgan fingerprint density at radius 3 is 2.24 bits per heavy atom. The Hall–Kier alpha value is -1.69. The molecule has 0 spiro atoms. The van der Waals surface area contributed by atoms with E-state index < -0.39 is 23.1 Å². The minimum Gasteiger partial charge on any atom is -0.481 e. The number of unbranched alkanes of at least 4 members (excludes halogenated alkanes) is 3. The third-order valence-electron chi connectivity index (χ3n) is 6.11. The highest BCUT2D eigenvalue weighted by Gasteiger charge is 2.32. The zero-order valence-electron chi connectivity index (χ0n) is 21.9. The number of carbonyl (C=O) groups excluding carboxylic acids is 2. The lowest BCUT2D eigenvalue weighted by atomic mass is 9.87. The molecule has 1 N–H and O–H groups in total. The molecule has 0 saturated heterocycles. The van der Waals surface area contributed by atoms with E-state index in [4.69, 9.17) is 9.47 Å². The Bertz CT molecular complexity index is 608. The topological polar surface area (TPSA) is 89.9 Å². The van der Waals surface area contributed by atoms with E-state index in [1.54, 1.807) is 13.8 Å². The first-order valence-corrected chi connectivity index (χ1v) is 12.6. The summed E-state index contributed by atoms with van der Waals surface area (Å²) in [6, 6.07) is 0. The summed E-state index contributed by atoms with van der Waals surface area (Å²) in [7, 11) is 0. The highest BCUT2D eigenvalue weighted by atomic mass is 16.6. The molecule has 2 atom stereocenters. The van der Waals surface area contributed by atoms with Gasteiger partial charge >= 0.3 is 11.9 Å². The van der Waals surface area contributed by atoms with Gasteiger partial charge in [0.15, 0.2) is 5.78 Å². The maximum Gasteiger partial charge on any atom is 0.307 e. The molecule has 0 amide bonds. The minimum atomic E-state index is -1.04. The van der Waals surface area contributed by atoms with Crippen LogP contribution in [0.3, 0.4) is 0 Å². The van der Waals surface area contributed by atoms with Gasteiger partial charge in [0, 0.05) is 19.4 Å². The van der Waals surface area contributed by atoms with Gasteiger partial charge in [0.05, 0.1) is 5.92 Å². The zero-order chi connectivity index (χ0) is 25.5. The molecule has 0 aliphatic carbocycles. The van der Waals surface area contributed by atoms with Gasteiger partial charge in [0.25, 0.3) is 0 Å². The first kappa shape index (κ1) is 31.3. The average molecular weight is 469 g/mol. The van der Waals surface area contributed by atoms with E-state index >= 15 is 0 Å². The number of carboxylic acid groups (broad SMARTS) is 1. The van der Waals surface area contributed by atoms with Crippen molar-refractivity contribution in [2.45, 2.75) is 123 Å². The molecule has 0 fully saturated rings. The SMILES string of the molecule is C=CCC(CC(=O)C(C)(C)OCCCCCC(=O)OC(C)(C)CC(CC)CCCC)C(=O)O. The number of carboxylic acids is 1. The molecule has 0 heterocycles. The van der Waals surface area contributed by atoms with Crippen molar-refractivity contribution in [3.63, 3.8) is 0 Å². The summed E-state index contributed by atoms with van der Waals surface area (Å²) in [4.78, 5) is 36.0. The van der Waals surface area contributed by atoms with Crippen LogP contribution in [0.15, 0.2) is 12.7 Å². The van der Waals surface area contributed by atoms with Crippen molar-refractivity contribution >= 4 is 17.7 Å². The second-order valence-corrected chi connectivity index (χ2v) is 10.2. The monoisotopic (exact) mass is 468 g/mol. The highest BCUT2D eigenvalue weighted by molar-refractivity contribution is 5.89. The third-order valence-corrected chi connectivity index (χ3v) is 6.11. The quantitative estimate of drug-likeness (QED) is 0.124. The van der Waals surface area contributed by atoms with Crippen LogP contribution in [-0.4, -0.2) is 40.6 Å². The van der Waals surface area contributed by atoms with Crippen molar-refractivity contribution in [1.29, 1.82) is 0 Å². The third kappa shape index (κ3) is 14.2. The minimum absolute atomic E-state index is 0.0761. The normalized spacial score (nSPS) is 13.9. The fraction of sp³-hybridized carbons (Fsp3) is 0.815. The summed E-state index contributed by atoms with van der Waals surface area (Å²) in [6.45, 7) is 15.7. The van der Waals surface area contributed by atoms with Gasteiger partial charge < -0.3 is 14.6 Å². The van der Waals surface area contributed by atoms with Crippen LogP contribution in [0.4, 0.5) is 0 Å².